The molecule has 0 bridgehead atoms. The largest absolute Gasteiger partial charge is 0.393 e. The minimum atomic E-state index is -3.68. The van der Waals surface area contributed by atoms with E-state index in [9.17, 15) is 13.5 Å². The lowest BCUT2D eigenvalue weighted by Crippen LogP contribution is -2.42. The number of nitrogens with zero attached hydrogens (tertiary/aromatic N) is 1. The fraction of sp³-hybridized carbons (Fsp3) is 0.538. The van der Waals surface area contributed by atoms with Gasteiger partial charge in [0.2, 0.25) is 10.0 Å². The van der Waals surface area contributed by atoms with E-state index in [0.717, 1.165) is 12.8 Å². The minimum absolute atomic E-state index is 0.0258. The molecule has 0 radical (unpaired) electrons. The summed E-state index contributed by atoms with van der Waals surface area (Å²) in [6, 6.07) is 4.40. The summed E-state index contributed by atoms with van der Waals surface area (Å²) in [5.41, 5.74) is 0. The maximum absolute atomic E-state index is 12.6. The van der Waals surface area contributed by atoms with Crippen LogP contribution in [0.4, 0.5) is 0 Å². The molecule has 1 aromatic carbocycles. The predicted octanol–water partition coefficient (Wildman–Crippen LogP) is 2.77. The van der Waals surface area contributed by atoms with E-state index < -0.39 is 16.1 Å². The van der Waals surface area contributed by atoms with Gasteiger partial charge in [-0.2, -0.15) is 4.31 Å². The van der Waals surface area contributed by atoms with Crippen molar-refractivity contribution in [2.24, 2.45) is 5.92 Å². The van der Waals surface area contributed by atoms with Gasteiger partial charge in [0.05, 0.1) is 11.1 Å². The smallest absolute Gasteiger partial charge is 0.244 e. The molecular formula is C13H17Cl2NO3S. The van der Waals surface area contributed by atoms with Gasteiger partial charge in [0.25, 0.3) is 0 Å². The van der Waals surface area contributed by atoms with Gasteiger partial charge in [-0.1, -0.05) is 23.2 Å². The van der Waals surface area contributed by atoms with Crippen molar-refractivity contribution in [1.29, 1.82) is 0 Å². The number of hydrogen-bond acceptors (Lipinski definition) is 3. The summed E-state index contributed by atoms with van der Waals surface area (Å²) in [5.74, 6) is -0.0449. The van der Waals surface area contributed by atoms with Gasteiger partial charge in [0.1, 0.15) is 4.90 Å². The van der Waals surface area contributed by atoms with Gasteiger partial charge in [-0.15, -0.1) is 0 Å². The second-order valence-corrected chi connectivity index (χ2v) is 7.83. The standard InChI is InChI=1S/C13H17Cl2NO3S/c1-9(17)10-3-2-6-16(8-10)20(18,19)13-7-11(14)4-5-12(13)15/h4-5,7,9-10,17H,2-3,6,8H2,1H3. The van der Waals surface area contributed by atoms with Crippen molar-refractivity contribution in [3.8, 4) is 0 Å². The van der Waals surface area contributed by atoms with Crippen LogP contribution in [0.2, 0.25) is 10.0 Å². The molecule has 112 valence electrons. The molecule has 1 saturated heterocycles. The van der Waals surface area contributed by atoms with Crippen molar-refractivity contribution in [2.45, 2.75) is 30.8 Å². The highest BCUT2D eigenvalue weighted by atomic mass is 35.5. The van der Waals surface area contributed by atoms with Gasteiger partial charge in [-0.25, -0.2) is 8.42 Å². The zero-order valence-corrected chi connectivity index (χ0v) is 13.4. The molecular weight excluding hydrogens is 321 g/mol. The van der Waals surface area contributed by atoms with Crippen molar-refractivity contribution in [1.82, 2.24) is 4.31 Å². The number of piperidine rings is 1. The summed E-state index contributed by atoms with van der Waals surface area (Å²) in [5, 5.41) is 10.2. The molecule has 0 spiro atoms. The van der Waals surface area contributed by atoms with E-state index in [1.165, 1.54) is 16.4 Å². The van der Waals surface area contributed by atoms with Crippen molar-refractivity contribution in [2.75, 3.05) is 13.1 Å². The highest BCUT2D eigenvalue weighted by molar-refractivity contribution is 7.89. The second-order valence-electron chi connectivity index (χ2n) is 5.08. The van der Waals surface area contributed by atoms with Crippen molar-refractivity contribution in [3.63, 3.8) is 0 Å². The maximum atomic E-state index is 12.6. The summed E-state index contributed by atoms with van der Waals surface area (Å²) >= 11 is 11.8. The van der Waals surface area contributed by atoms with E-state index in [4.69, 9.17) is 23.2 Å². The number of aliphatic hydroxyl groups excluding tert-OH is 1. The first kappa shape index (κ1) is 16.0. The molecule has 0 saturated carbocycles. The van der Waals surface area contributed by atoms with Gasteiger partial charge < -0.3 is 5.11 Å². The predicted molar refractivity (Wildman–Crippen MR) is 79.6 cm³/mol. The molecule has 4 nitrogen and oxygen atoms in total. The summed E-state index contributed by atoms with van der Waals surface area (Å²) in [6.07, 6.45) is 1.03. The molecule has 0 amide bonds. The van der Waals surface area contributed by atoms with Crippen molar-refractivity contribution in [3.05, 3.63) is 28.2 Å². The van der Waals surface area contributed by atoms with E-state index in [-0.39, 0.29) is 15.8 Å². The molecule has 20 heavy (non-hydrogen) atoms. The molecule has 2 unspecified atom stereocenters. The van der Waals surface area contributed by atoms with Crippen LogP contribution >= 0.6 is 23.2 Å². The van der Waals surface area contributed by atoms with Crippen molar-refractivity contribution < 1.29 is 13.5 Å². The normalized spacial score (nSPS) is 22.7. The Morgan fingerprint density at radius 1 is 1.40 bits per heavy atom. The molecule has 1 aromatic rings. The number of halogens is 2. The number of sulfonamides is 1. The van der Waals surface area contributed by atoms with Crippen molar-refractivity contribution >= 4 is 33.2 Å². The second kappa shape index (κ2) is 6.20. The van der Waals surface area contributed by atoms with Crippen LogP contribution in [0, 0.1) is 5.92 Å². The van der Waals surface area contributed by atoms with Crippen LogP contribution in [-0.2, 0) is 10.0 Å². The Morgan fingerprint density at radius 3 is 2.75 bits per heavy atom. The Balaban J connectivity index is 2.32. The van der Waals surface area contributed by atoms with E-state index >= 15 is 0 Å². The third-order valence-electron chi connectivity index (χ3n) is 3.61. The van der Waals surface area contributed by atoms with E-state index in [2.05, 4.69) is 0 Å². The SMILES string of the molecule is CC(O)C1CCCN(S(=O)(=O)c2cc(Cl)ccc2Cl)C1. The minimum Gasteiger partial charge on any atom is -0.393 e. The number of hydrogen-bond donors (Lipinski definition) is 1. The molecule has 2 rings (SSSR count). The van der Waals surface area contributed by atoms with Gasteiger partial charge in [-0.05, 0) is 43.9 Å². The van der Waals surface area contributed by atoms with Gasteiger partial charge in [0, 0.05) is 18.1 Å². The Hall–Kier alpha value is -0.330. The average molecular weight is 338 g/mol. The van der Waals surface area contributed by atoms with Gasteiger partial charge in [0.15, 0.2) is 0 Å². The van der Waals surface area contributed by atoms with Crippen LogP contribution in [0.5, 0.6) is 0 Å². The topological polar surface area (TPSA) is 57.6 Å². The first-order valence-electron chi connectivity index (χ1n) is 6.45. The first-order chi connectivity index (χ1) is 9.32. The lowest BCUT2D eigenvalue weighted by atomic mass is 9.95. The fourth-order valence-corrected chi connectivity index (χ4v) is 4.67. The molecule has 7 heteroatoms. The summed E-state index contributed by atoms with van der Waals surface area (Å²) in [6.45, 7) is 2.43. The molecule has 0 aromatic heterocycles. The van der Waals surface area contributed by atoms with Gasteiger partial charge in [-0.3, -0.25) is 0 Å². The van der Waals surface area contributed by atoms with Crippen LogP contribution in [0.25, 0.3) is 0 Å². The Kier molecular flexibility index (Phi) is 4.97. The van der Waals surface area contributed by atoms with Crippen LogP contribution in [0.1, 0.15) is 19.8 Å². The first-order valence-corrected chi connectivity index (χ1v) is 8.65. The molecule has 1 aliphatic heterocycles. The molecule has 1 fully saturated rings. The van der Waals surface area contributed by atoms with E-state index in [0.29, 0.717) is 18.1 Å². The van der Waals surface area contributed by atoms with E-state index in [1.807, 2.05) is 0 Å². The monoisotopic (exact) mass is 337 g/mol. The average Bonchev–Trinajstić information content (AvgIpc) is 2.41. The van der Waals surface area contributed by atoms with Crippen LogP contribution in [0.3, 0.4) is 0 Å². The lowest BCUT2D eigenvalue weighted by Gasteiger charge is -2.33. The molecule has 2 atom stereocenters. The number of aliphatic hydroxyl groups is 1. The third kappa shape index (κ3) is 3.28. The zero-order valence-electron chi connectivity index (χ0n) is 11.1. The summed E-state index contributed by atoms with van der Waals surface area (Å²) in [4.78, 5) is 0.0258. The Labute approximate surface area is 129 Å². The Morgan fingerprint density at radius 2 is 2.10 bits per heavy atom. The zero-order chi connectivity index (χ0) is 14.9. The number of benzene rings is 1. The number of rotatable bonds is 3. The third-order valence-corrected chi connectivity index (χ3v) is 6.20. The van der Waals surface area contributed by atoms with Gasteiger partial charge >= 0.3 is 0 Å². The quantitative estimate of drug-likeness (QED) is 0.922. The highest BCUT2D eigenvalue weighted by Gasteiger charge is 2.33. The van der Waals surface area contributed by atoms with Crippen LogP contribution in [0.15, 0.2) is 23.1 Å². The highest BCUT2D eigenvalue weighted by Crippen LogP contribution is 2.30. The Bertz CT molecular complexity index is 589. The lowest BCUT2D eigenvalue weighted by molar-refractivity contribution is 0.0885. The van der Waals surface area contributed by atoms with E-state index in [1.54, 1.807) is 13.0 Å². The summed E-state index contributed by atoms with van der Waals surface area (Å²) < 4.78 is 26.6. The maximum Gasteiger partial charge on any atom is 0.244 e. The molecule has 1 N–H and O–H groups in total. The molecule has 0 aliphatic carbocycles. The molecule has 1 aliphatic rings. The summed E-state index contributed by atoms with van der Waals surface area (Å²) in [7, 11) is -3.68. The van der Waals surface area contributed by atoms with Crippen LogP contribution < -0.4 is 0 Å². The van der Waals surface area contributed by atoms with Crippen LogP contribution in [-0.4, -0.2) is 37.0 Å². The molecule has 1 heterocycles. The fourth-order valence-electron chi connectivity index (χ4n) is 2.40.